The molecule has 18 heavy (non-hydrogen) atoms. The van der Waals surface area contributed by atoms with Crippen LogP contribution in [0.5, 0.6) is 0 Å². The highest BCUT2D eigenvalue weighted by Crippen LogP contribution is 2.22. The molecule has 0 amide bonds. The van der Waals surface area contributed by atoms with E-state index >= 15 is 0 Å². The lowest BCUT2D eigenvalue weighted by molar-refractivity contribution is -0.138. The van der Waals surface area contributed by atoms with E-state index in [0.717, 1.165) is 23.2 Å². The molecule has 2 heterocycles. The van der Waals surface area contributed by atoms with E-state index in [9.17, 15) is 4.79 Å². The number of carboxylic acids is 1. The third kappa shape index (κ3) is 2.80. The molecule has 0 saturated carbocycles. The highest BCUT2D eigenvalue weighted by Gasteiger charge is 2.12. The first-order valence-corrected chi connectivity index (χ1v) is 5.98. The van der Waals surface area contributed by atoms with Gasteiger partial charge in [-0.15, -0.1) is 0 Å². The second-order valence-corrected chi connectivity index (χ2v) is 4.25. The molecule has 1 atom stereocenters. The monoisotopic (exact) mass is 248 g/mol. The summed E-state index contributed by atoms with van der Waals surface area (Å²) in [5.74, 6) is 0.0784. The molecule has 1 unspecified atom stereocenters. The summed E-state index contributed by atoms with van der Waals surface area (Å²) in [6.45, 7) is 2.58. The van der Waals surface area contributed by atoms with Crippen LogP contribution in [0.25, 0.3) is 11.0 Å². The maximum absolute atomic E-state index is 10.7. The number of fused-ring (bicyclic) bond motifs is 1. The van der Waals surface area contributed by atoms with E-state index in [4.69, 9.17) is 9.52 Å². The number of carboxylic acid groups (broad SMARTS) is 1. The molecule has 5 nitrogen and oxygen atoms in total. The van der Waals surface area contributed by atoms with Crippen LogP contribution in [0.3, 0.4) is 0 Å². The van der Waals surface area contributed by atoms with Crippen molar-refractivity contribution >= 4 is 22.8 Å². The zero-order chi connectivity index (χ0) is 13.0. The van der Waals surface area contributed by atoms with Gasteiger partial charge in [0, 0.05) is 19.2 Å². The second kappa shape index (κ2) is 5.53. The SMILES string of the molecule is CCC(CNc1nccc2occc12)CC(=O)O. The summed E-state index contributed by atoms with van der Waals surface area (Å²) in [5.41, 5.74) is 0.777. The Hall–Kier alpha value is -2.04. The first-order chi connectivity index (χ1) is 8.70. The van der Waals surface area contributed by atoms with Crippen LogP contribution in [0.4, 0.5) is 5.82 Å². The summed E-state index contributed by atoms with van der Waals surface area (Å²) >= 11 is 0. The van der Waals surface area contributed by atoms with Crippen molar-refractivity contribution in [3.05, 3.63) is 24.6 Å². The summed E-state index contributed by atoms with van der Waals surface area (Å²) in [6.07, 6.45) is 4.28. The molecule has 0 radical (unpaired) electrons. The average Bonchev–Trinajstić information content (AvgIpc) is 2.82. The molecule has 0 aliphatic rings. The van der Waals surface area contributed by atoms with E-state index in [1.54, 1.807) is 18.5 Å². The quantitative estimate of drug-likeness (QED) is 0.822. The maximum Gasteiger partial charge on any atom is 0.303 e. The molecule has 0 aliphatic carbocycles. The van der Waals surface area contributed by atoms with Crippen LogP contribution in [-0.2, 0) is 4.79 Å². The van der Waals surface area contributed by atoms with Gasteiger partial charge < -0.3 is 14.8 Å². The Balaban J connectivity index is 2.05. The molecule has 0 aliphatic heterocycles. The predicted octanol–water partition coefficient (Wildman–Crippen LogP) is 2.74. The number of rotatable bonds is 6. The molecule has 2 rings (SSSR count). The van der Waals surface area contributed by atoms with Gasteiger partial charge in [-0.05, 0) is 18.1 Å². The third-order valence-electron chi connectivity index (χ3n) is 2.98. The fraction of sp³-hybridized carbons (Fsp3) is 0.385. The van der Waals surface area contributed by atoms with Gasteiger partial charge in [0.15, 0.2) is 0 Å². The zero-order valence-electron chi connectivity index (χ0n) is 10.2. The van der Waals surface area contributed by atoms with E-state index in [1.807, 2.05) is 13.0 Å². The standard InChI is InChI=1S/C13H16N2O3/c1-2-9(7-12(16)17)8-15-13-10-4-6-18-11(10)3-5-14-13/h3-6,9H,2,7-8H2,1H3,(H,14,15)(H,16,17). The van der Waals surface area contributed by atoms with Crippen LogP contribution in [0, 0.1) is 5.92 Å². The van der Waals surface area contributed by atoms with Crippen molar-refractivity contribution in [2.45, 2.75) is 19.8 Å². The first-order valence-electron chi connectivity index (χ1n) is 5.98. The minimum Gasteiger partial charge on any atom is -0.481 e. The number of hydrogen-bond acceptors (Lipinski definition) is 4. The Morgan fingerprint density at radius 2 is 2.39 bits per heavy atom. The molecular weight excluding hydrogens is 232 g/mol. The highest BCUT2D eigenvalue weighted by atomic mass is 16.4. The first kappa shape index (κ1) is 12.4. The van der Waals surface area contributed by atoms with E-state index < -0.39 is 5.97 Å². The maximum atomic E-state index is 10.7. The van der Waals surface area contributed by atoms with Gasteiger partial charge >= 0.3 is 5.97 Å². The van der Waals surface area contributed by atoms with Crippen molar-refractivity contribution in [2.24, 2.45) is 5.92 Å². The van der Waals surface area contributed by atoms with Crippen LogP contribution in [0.1, 0.15) is 19.8 Å². The third-order valence-corrected chi connectivity index (χ3v) is 2.98. The molecular formula is C13H16N2O3. The molecule has 0 fully saturated rings. The van der Waals surface area contributed by atoms with E-state index in [-0.39, 0.29) is 12.3 Å². The summed E-state index contributed by atoms with van der Waals surface area (Å²) < 4.78 is 5.28. The number of aromatic nitrogens is 1. The van der Waals surface area contributed by atoms with Crippen molar-refractivity contribution in [3.8, 4) is 0 Å². The molecule has 2 aromatic heterocycles. The van der Waals surface area contributed by atoms with Gasteiger partial charge in [-0.3, -0.25) is 4.79 Å². The minimum atomic E-state index is -0.766. The molecule has 5 heteroatoms. The van der Waals surface area contributed by atoms with E-state index in [2.05, 4.69) is 10.3 Å². The smallest absolute Gasteiger partial charge is 0.303 e. The van der Waals surface area contributed by atoms with Gasteiger partial charge in [0.2, 0.25) is 0 Å². The molecule has 0 aromatic carbocycles. The van der Waals surface area contributed by atoms with Crippen LogP contribution in [0.15, 0.2) is 29.0 Å². The van der Waals surface area contributed by atoms with Crippen molar-refractivity contribution < 1.29 is 14.3 Å². The number of hydrogen-bond donors (Lipinski definition) is 2. The van der Waals surface area contributed by atoms with Crippen LogP contribution < -0.4 is 5.32 Å². The number of pyridine rings is 1. The van der Waals surface area contributed by atoms with Gasteiger partial charge in [-0.2, -0.15) is 0 Å². The van der Waals surface area contributed by atoms with Gasteiger partial charge in [-0.1, -0.05) is 13.3 Å². The van der Waals surface area contributed by atoms with Gasteiger partial charge in [0.1, 0.15) is 11.4 Å². The highest BCUT2D eigenvalue weighted by molar-refractivity contribution is 5.87. The molecule has 0 spiro atoms. The van der Waals surface area contributed by atoms with Gasteiger partial charge in [0.05, 0.1) is 11.6 Å². The van der Waals surface area contributed by atoms with E-state index in [1.165, 1.54) is 0 Å². The summed E-state index contributed by atoms with van der Waals surface area (Å²) in [5, 5.41) is 12.9. The molecule has 2 N–H and O–H groups in total. The fourth-order valence-electron chi connectivity index (χ4n) is 1.88. The van der Waals surface area contributed by atoms with Crippen molar-refractivity contribution in [2.75, 3.05) is 11.9 Å². The second-order valence-electron chi connectivity index (χ2n) is 4.25. The van der Waals surface area contributed by atoms with Gasteiger partial charge in [0.25, 0.3) is 0 Å². The van der Waals surface area contributed by atoms with E-state index in [0.29, 0.717) is 6.54 Å². The number of nitrogens with one attached hydrogen (secondary N) is 1. The number of anilines is 1. The van der Waals surface area contributed by atoms with Crippen LogP contribution in [-0.4, -0.2) is 22.6 Å². The lowest BCUT2D eigenvalue weighted by Crippen LogP contribution is -2.17. The Kier molecular flexibility index (Phi) is 3.82. The lowest BCUT2D eigenvalue weighted by atomic mass is 10.0. The minimum absolute atomic E-state index is 0.103. The summed E-state index contributed by atoms with van der Waals surface area (Å²) in [7, 11) is 0. The Bertz CT molecular complexity index is 536. The van der Waals surface area contributed by atoms with Crippen LogP contribution >= 0.6 is 0 Å². The van der Waals surface area contributed by atoms with Gasteiger partial charge in [-0.25, -0.2) is 4.98 Å². The predicted molar refractivity (Wildman–Crippen MR) is 68.5 cm³/mol. The zero-order valence-corrected chi connectivity index (χ0v) is 10.2. The van der Waals surface area contributed by atoms with Crippen molar-refractivity contribution in [1.29, 1.82) is 0 Å². The Morgan fingerprint density at radius 1 is 1.56 bits per heavy atom. The average molecular weight is 248 g/mol. The Morgan fingerprint density at radius 3 is 3.11 bits per heavy atom. The topological polar surface area (TPSA) is 75.4 Å². The van der Waals surface area contributed by atoms with Crippen LogP contribution in [0.2, 0.25) is 0 Å². The lowest BCUT2D eigenvalue weighted by Gasteiger charge is -2.14. The number of aliphatic carboxylic acids is 1. The van der Waals surface area contributed by atoms with Crippen molar-refractivity contribution in [1.82, 2.24) is 4.98 Å². The number of carbonyl (C=O) groups is 1. The normalized spacial score (nSPS) is 12.5. The van der Waals surface area contributed by atoms with Crippen molar-refractivity contribution in [3.63, 3.8) is 0 Å². The summed E-state index contributed by atoms with van der Waals surface area (Å²) in [4.78, 5) is 14.9. The molecule has 0 bridgehead atoms. The molecule has 2 aromatic rings. The summed E-state index contributed by atoms with van der Waals surface area (Å²) in [6, 6.07) is 3.65. The largest absolute Gasteiger partial charge is 0.481 e. The molecule has 0 saturated heterocycles. The molecule has 96 valence electrons. The fourth-order valence-corrected chi connectivity index (χ4v) is 1.88. The Labute approximate surface area is 105 Å². The number of furan rings is 1. The number of nitrogens with zero attached hydrogens (tertiary/aromatic N) is 1.